The predicted molar refractivity (Wildman–Crippen MR) is 77.5 cm³/mol. The number of halogens is 1. The molecule has 2 N–H and O–H groups in total. The van der Waals surface area contributed by atoms with Gasteiger partial charge in [0.25, 0.3) is 5.91 Å². The van der Waals surface area contributed by atoms with Crippen LogP contribution in [0.5, 0.6) is 0 Å². The first-order chi connectivity index (χ1) is 9.47. The molecular weight excluding hydrogens is 278 g/mol. The molecule has 0 aromatic heterocycles. The third-order valence-corrected chi connectivity index (χ3v) is 3.21. The summed E-state index contributed by atoms with van der Waals surface area (Å²) in [6.07, 6.45) is 0. The van der Waals surface area contributed by atoms with Crippen LogP contribution >= 0.6 is 11.6 Å². The Kier molecular flexibility index (Phi) is 4.05. The lowest BCUT2D eigenvalue weighted by atomic mass is 10.1. The zero-order valence-electron chi connectivity index (χ0n) is 10.7. The van der Waals surface area contributed by atoms with E-state index < -0.39 is 5.97 Å². The van der Waals surface area contributed by atoms with Crippen molar-refractivity contribution in [1.29, 1.82) is 0 Å². The summed E-state index contributed by atoms with van der Waals surface area (Å²) in [5.74, 6) is -1.35. The van der Waals surface area contributed by atoms with Gasteiger partial charge in [-0.15, -0.1) is 0 Å². The highest BCUT2D eigenvalue weighted by molar-refractivity contribution is 6.31. The van der Waals surface area contributed by atoms with E-state index in [1.165, 1.54) is 12.1 Å². The molecule has 2 aromatic carbocycles. The van der Waals surface area contributed by atoms with Crippen molar-refractivity contribution in [3.8, 4) is 0 Å². The van der Waals surface area contributed by atoms with Gasteiger partial charge in [-0.3, -0.25) is 4.79 Å². The Bertz CT molecular complexity index is 683. The van der Waals surface area contributed by atoms with E-state index in [-0.39, 0.29) is 11.5 Å². The second kappa shape index (κ2) is 5.75. The molecule has 0 aliphatic rings. The molecule has 4 nitrogen and oxygen atoms in total. The molecule has 0 saturated carbocycles. The van der Waals surface area contributed by atoms with Gasteiger partial charge < -0.3 is 10.4 Å². The van der Waals surface area contributed by atoms with E-state index in [0.717, 1.165) is 5.56 Å². The Morgan fingerprint density at radius 3 is 2.50 bits per heavy atom. The molecule has 20 heavy (non-hydrogen) atoms. The standard InChI is InChI=1S/C15H12ClNO3/c1-9-7-10(5-6-13(9)16)14(18)17-12-4-2-3-11(8-12)15(19)20/h2-8H,1H3,(H,17,18)(H,19,20). The highest BCUT2D eigenvalue weighted by atomic mass is 35.5. The fraction of sp³-hybridized carbons (Fsp3) is 0.0667. The summed E-state index contributed by atoms with van der Waals surface area (Å²) in [7, 11) is 0. The molecule has 0 atom stereocenters. The molecule has 0 saturated heterocycles. The molecular formula is C15H12ClNO3. The number of carbonyl (C=O) groups is 2. The molecule has 0 radical (unpaired) electrons. The van der Waals surface area contributed by atoms with Crippen LogP contribution in [0, 0.1) is 6.92 Å². The van der Waals surface area contributed by atoms with E-state index in [1.807, 2.05) is 6.92 Å². The first kappa shape index (κ1) is 14.1. The van der Waals surface area contributed by atoms with Gasteiger partial charge in [-0.25, -0.2) is 4.79 Å². The average Bonchev–Trinajstić information content (AvgIpc) is 2.42. The number of carboxylic acids is 1. The Morgan fingerprint density at radius 2 is 1.85 bits per heavy atom. The van der Waals surface area contributed by atoms with Crippen molar-refractivity contribution in [1.82, 2.24) is 0 Å². The van der Waals surface area contributed by atoms with Crippen LogP contribution in [0.3, 0.4) is 0 Å². The number of anilines is 1. The van der Waals surface area contributed by atoms with Gasteiger partial charge >= 0.3 is 5.97 Å². The second-order valence-electron chi connectivity index (χ2n) is 4.30. The van der Waals surface area contributed by atoms with Crippen LogP contribution in [0.15, 0.2) is 42.5 Å². The monoisotopic (exact) mass is 289 g/mol. The number of carbonyl (C=O) groups excluding carboxylic acids is 1. The van der Waals surface area contributed by atoms with Crippen LogP contribution in [-0.2, 0) is 0 Å². The summed E-state index contributed by atoms with van der Waals surface area (Å²) in [5, 5.41) is 12.1. The molecule has 0 fully saturated rings. The van der Waals surface area contributed by atoms with Crippen LogP contribution < -0.4 is 5.32 Å². The molecule has 0 spiro atoms. The van der Waals surface area contributed by atoms with Crippen molar-refractivity contribution < 1.29 is 14.7 Å². The first-order valence-electron chi connectivity index (χ1n) is 5.88. The maximum Gasteiger partial charge on any atom is 0.335 e. The molecule has 0 heterocycles. The quantitative estimate of drug-likeness (QED) is 0.907. The normalized spacial score (nSPS) is 10.1. The van der Waals surface area contributed by atoms with Crippen LogP contribution in [0.25, 0.3) is 0 Å². The second-order valence-corrected chi connectivity index (χ2v) is 4.71. The van der Waals surface area contributed by atoms with Gasteiger partial charge in [0.05, 0.1) is 5.56 Å². The molecule has 5 heteroatoms. The number of hydrogen-bond acceptors (Lipinski definition) is 2. The predicted octanol–water partition coefficient (Wildman–Crippen LogP) is 3.60. The lowest BCUT2D eigenvalue weighted by Gasteiger charge is -2.07. The molecule has 0 unspecified atom stereocenters. The van der Waals surface area contributed by atoms with Gasteiger partial charge in [0.15, 0.2) is 0 Å². The van der Waals surface area contributed by atoms with Crippen LogP contribution in [0.2, 0.25) is 5.02 Å². The molecule has 2 aromatic rings. The topological polar surface area (TPSA) is 66.4 Å². The third-order valence-electron chi connectivity index (χ3n) is 2.79. The number of aromatic carboxylic acids is 1. The number of hydrogen-bond donors (Lipinski definition) is 2. The minimum atomic E-state index is -1.04. The minimum Gasteiger partial charge on any atom is -0.478 e. The van der Waals surface area contributed by atoms with Gasteiger partial charge in [-0.2, -0.15) is 0 Å². The van der Waals surface area contributed by atoms with Crippen LogP contribution in [0.4, 0.5) is 5.69 Å². The van der Waals surface area contributed by atoms with Gasteiger partial charge in [0.1, 0.15) is 0 Å². The lowest BCUT2D eigenvalue weighted by molar-refractivity contribution is 0.0696. The Labute approximate surface area is 121 Å². The number of benzene rings is 2. The minimum absolute atomic E-state index is 0.120. The van der Waals surface area contributed by atoms with Crippen molar-refractivity contribution >= 4 is 29.2 Å². The van der Waals surface area contributed by atoms with Gasteiger partial charge in [-0.05, 0) is 48.9 Å². The molecule has 102 valence electrons. The largest absolute Gasteiger partial charge is 0.478 e. The molecule has 2 rings (SSSR count). The zero-order valence-corrected chi connectivity index (χ0v) is 11.4. The van der Waals surface area contributed by atoms with Crippen molar-refractivity contribution in [2.45, 2.75) is 6.92 Å². The average molecular weight is 290 g/mol. The van der Waals surface area contributed by atoms with Crippen molar-refractivity contribution in [3.63, 3.8) is 0 Å². The number of amides is 1. The van der Waals surface area contributed by atoms with Gasteiger partial charge in [0, 0.05) is 16.3 Å². The summed E-state index contributed by atoms with van der Waals surface area (Å²) < 4.78 is 0. The molecule has 0 bridgehead atoms. The maximum atomic E-state index is 12.1. The lowest BCUT2D eigenvalue weighted by Crippen LogP contribution is -2.12. The van der Waals surface area contributed by atoms with Gasteiger partial charge in [0.2, 0.25) is 0 Å². The Morgan fingerprint density at radius 1 is 1.10 bits per heavy atom. The van der Waals surface area contributed by atoms with Crippen molar-refractivity contribution in [2.75, 3.05) is 5.32 Å². The summed E-state index contributed by atoms with van der Waals surface area (Å²) >= 11 is 5.90. The summed E-state index contributed by atoms with van der Waals surface area (Å²) in [6.45, 7) is 1.81. The highest BCUT2D eigenvalue weighted by Gasteiger charge is 2.09. The fourth-order valence-corrected chi connectivity index (χ4v) is 1.84. The molecule has 0 aliphatic heterocycles. The highest BCUT2D eigenvalue weighted by Crippen LogP contribution is 2.18. The van der Waals surface area contributed by atoms with E-state index >= 15 is 0 Å². The number of aryl methyl sites for hydroxylation is 1. The summed E-state index contributed by atoms with van der Waals surface area (Å²) in [5.41, 5.74) is 1.82. The van der Waals surface area contributed by atoms with Crippen LogP contribution in [0.1, 0.15) is 26.3 Å². The van der Waals surface area contributed by atoms with Crippen LogP contribution in [-0.4, -0.2) is 17.0 Å². The first-order valence-corrected chi connectivity index (χ1v) is 6.26. The molecule has 1 amide bonds. The number of nitrogens with one attached hydrogen (secondary N) is 1. The Hall–Kier alpha value is -2.33. The zero-order chi connectivity index (χ0) is 14.7. The smallest absolute Gasteiger partial charge is 0.335 e. The molecule has 0 aliphatic carbocycles. The van der Waals surface area contributed by atoms with Crippen molar-refractivity contribution in [3.05, 3.63) is 64.2 Å². The van der Waals surface area contributed by atoms with E-state index in [2.05, 4.69) is 5.32 Å². The Balaban J connectivity index is 2.21. The summed E-state index contributed by atoms with van der Waals surface area (Å²) in [6, 6.07) is 11.0. The van der Waals surface area contributed by atoms with E-state index in [0.29, 0.717) is 16.3 Å². The third kappa shape index (κ3) is 3.16. The van der Waals surface area contributed by atoms with E-state index in [9.17, 15) is 9.59 Å². The van der Waals surface area contributed by atoms with E-state index in [1.54, 1.807) is 30.3 Å². The number of carboxylic acid groups (broad SMARTS) is 1. The van der Waals surface area contributed by atoms with Gasteiger partial charge in [-0.1, -0.05) is 17.7 Å². The van der Waals surface area contributed by atoms with E-state index in [4.69, 9.17) is 16.7 Å². The van der Waals surface area contributed by atoms with Crippen molar-refractivity contribution in [2.24, 2.45) is 0 Å². The summed E-state index contributed by atoms with van der Waals surface area (Å²) in [4.78, 5) is 22.9. The number of rotatable bonds is 3. The fourth-order valence-electron chi connectivity index (χ4n) is 1.72. The maximum absolute atomic E-state index is 12.1. The SMILES string of the molecule is Cc1cc(C(=O)Nc2cccc(C(=O)O)c2)ccc1Cl.